The third kappa shape index (κ3) is 2.80. The molecule has 0 saturated heterocycles. The Kier molecular flexibility index (Phi) is 3.64. The van der Waals surface area contributed by atoms with E-state index in [0.29, 0.717) is 5.92 Å². The van der Waals surface area contributed by atoms with Crippen LogP contribution >= 0.6 is 11.3 Å². The van der Waals surface area contributed by atoms with Crippen LogP contribution in [0.4, 0.5) is 11.6 Å². The van der Waals surface area contributed by atoms with Crippen molar-refractivity contribution in [3.63, 3.8) is 0 Å². The monoisotopic (exact) mass is 287 g/mol. The lowest BCUT2D eigenvalue weighted by atomic mass is 10.1. The normalized spacial score (nSPS) is 11.3. The highest BCUT2D eigenvalue weighted by molar-refractivity contribution is 7.16. The van der Waals surface area contributed by atoms with Crippen molar-refractivity contribution >= 4 is 33.2 Å². The lowest BCUT2D eigenvalue weighted by molar-refractivity contribution is 0.488. The number of thiophene rings is 1. The molecule has 0 radical (unpaired) electrons. The van der Waals surface area contributed by atoms with Crippen molar-refractivity contribution in [1.29, 1.82) is 0 Å². The van der Waals surface area contributed by atoms with Crippen LogP contribution in [0.1, 0.15) is 20.3 Å². The summed E-state index contributed by atoms with van der Waals surface area (Å²) in [6, 6.07) is 4.00. The fourth-order valence-electron chi connectivity index (χ4n) is 1.95. The summed E-state index contributed by atoms with van der Waals surface area (Å²) in [5.41, 5.74) is 0. The second-order valence-electron chi connectivity index (χ2n) is 5.13. The molecule has 104 valence electrons. The Morgan fingerprint density at radius 2 is 2.20 bits per heavy atom. The molecule has 3 heterocycles. The Bertz CT molecular complexity index is 700. The fraction of sp³-hybridized carbons (Fsp3) is 0.357. The molecule has 0 aliphatic heterocycles. The molecule has 0 spiro atoms. The highest BCUT2D eigenvalue weighted by Gasteiger charge is 2.06. The topological polar surface area (TPSA) is 55.6 Å². The van der Waals surface area contributed by atoms with Gasteiger partial charge < -0.3 is 5.32 Å². The first-order valence-corrected chi connectivity index (χ1v) is 7.59. The maximum atomic E-state index is 4.52. The minimum absolute atomic E-state index is 0.683. The van der Waals surface area contributed by atoms with Crippen LogP contribution < -0.4 is 5.32 Å². The molecule has 1 N–H and O–H groups in total. The van der Waals surface area contributed by atoms with Crippen molar-refractivity contribution < 1.29 is 0 Å². The van der Waals surface area contributed by atoms with Gasteiger partial charge in [-0.2, -0.15) is 5.10 Å². The molecule has 5 nitrogen and oxygen atoms in total. The number of nitrogens with zero attached hydrogens (tertiary/aromatic N) is 4. The van der Waals surface area contributed by atoms with E-state index in [2.05, 4.69) is 34.2 Å². The molecule has 3 aromatic heterocycles. The second-order valence-corrected chi connectivity index (χ2v) is 6.03. The van der Waals surface area contributed by atoms with Crippen molar-refractivity contribution in [2.75, 3.05) is 5.32 Å². The first-order chi connectivity index (χ1) is 9.72. The Morgan fingerprint density at radius 1 is 1.30 bits per heavy atom. The van der Waals surface area contributed by atoms with Gasteiger partial charge in [0, 0.05) is 18.8 Å². The van der Waals surface area contributed by atoms with Gasteiger partial charge in [0.05, 0.1) is 5.39 Å². The molecule has 0 aliphatic carbocycles. The van der Waals surface area contributed by atoms with E-state index in [4.69, 9.17) is 0 Å². The van der Waals surface area contributed by atoms with Gasteiger partial charge in [0.15, 0.2) is 5.82 Å². The molecule has 6 heteroatoms. The van der Waals surface area contributed by atoms with Gasteiger partial charge in [0.1, 0.15) is 17.0 Å². The molecular formula is C14H17N5S. The molecule has 0 bridgehead atoms. The number of nitrogens with one attached hydrogen (secondary N) is 1. The van der Waals surface area contributed by atoms with E-state index >= 15 is 0 Å². The van der Waals surface area contributed by atoms with Crippen LogP contribution in [-0.4, -0.2) is 19.7 Å². The third-order valence-electron chi connectivity index (χ3n) is 3.08. The molecule has 0 amide bonds. The molecule has 0 aliphatic rings. The zero-order valence-electron chi connectivity index (χ0n) is 11.6. The predicted molar refractivity (Wildman–Crippen MR) is 82.4 cm³/mol. The average Bonchev–Trinajstić information content (AvgIpc) is 3.05. The smallest absolute Gasteiger partial charge is 0.153 e. The molecule has 0 atom stereocenters. The van der Waals surface area contributed by atoms with E-state index in [9.17, 15) is 0 Å². The number of hydrogen-bond donors (Lipinski definition) is 1. The predicted octanol–water partition coefficient (Wildman–Crippen LogP) is 3.68. The zero-order chi connectivity index (χ0) is 13.9. The standard InChI is InChI=1S/C14H17N5S/c1-10(2)3-6-19-7-4-12(18-19)17-13-11-5-8-20-14(11)16-9-15-13/h4-5,7-10H,3,6H2,1-2H3,(H,15,16,17,18). The van der Waals surface area contributed by atoms with Crippen LogP contribution in [0, 0.1) is 5.92 Å². The van der Waals surface area contributed by atoms with Gasteiger partial charge in [-0.1, -0.05) is 13.8 Å². The molecular weight excluding hydrogens is 270 g/mol. The van der Waals surface area contributed by atoms with Gasteiger partial charge in [0.2, 0.25) is 0 Å². The number of rotatable bonds is 5. The van der Waals surface area contributed by atoms with Gasteiger partial charge in [-0.3, -0.25) is 4.68 Å². The quantitative estimate of drug-likeness (QED) is 0.777. The molecule has 0 unspecified atom stereocenters. The first-order valence-electron chi connectivity index (χ1n) is 6.71. The van der Waals surface area contributed by atoms with Crippen molar-refractivity contribution in [2.45, 2.75) is 26.8 Å². The Morgan fingerprint density at radius 3 is 3.05 bits per heavy atom. The van der Waals surface area contributed by atoms with E-state index in [1.807, 2.05) is 28.4 Å². The zero-order valence-corrected chi connectivity index (χ0v) is 12.4. The SMILES string of the molecule is CC(C)CCn1ccc(Nc2ncnc3sccc23)n1. The maximum Gasteiger partial charge on any atom is 0.153 e. The number of anilines is 2. The molecule has 0 fully saturated rings. The van der Waals surface area contributed by atoms with Crippen LogP contribution in [0.25, 0.3) is 10.2 Å². The number of aryl methyl sites for hydroxylation is 1. The second kappa shape index (κ2) is 5.58. The van der Waals surface area contributed by atoms with Gasteiger partial charge >= 0.3 is 0 Å². The summed E-state index contributed by atoms with van der Waals surface area (Å²) < 4.78 is 1.97. The summed E-state index contributed by atoms with van der Waals surface area (Å²) in [6.45, 7) is 5.38. The van der Waals surface area contributed by atoms with Crippen LogP contribution in [0.2, 0.25) is 0 Å². The Balaban J connectivity index is 1.76. The largest absolute Gasteiger partial charge is 0.323 e. The minimum atomic E-state index is 0.683. The average molecular weight is 287 g/mol. The first kappa shape index (κ1) is 13.1. The summed E-state index contributed by atoms with van der Waals surface area (Å²) in [6.07, 6.45) is 4.71. The number of fused-ring (bicyclic) bond motifs is 1. The van der Waals surface area contributed by atoms with Crippen molar-refractivity contribution in [1.82, 2.24) is 19.7 Å². The van der Waals surface area contributed by atoms with Gasteiger partial charge in [-0.15, -0.1) is 11.3 Å². The highest BCUT2D eigenvalue weighted by atomic mass is 32.1. The van der Waals surface area contributed by atoms with E-state index in [-0.39, 0.29) is 0 Å². The van der Waals surface area contributed by atoms with Crippen molar-refractivity contribution in [3.8, 4) is 0 Å². The third-order valence-corrected chi connectivity index (χ3v) is 3.91. The minimum Gasteiger partial charge on any atom is -0.323 e. The molecule has 20 heavy (non-hydrogen) atoms. The summed E-state index contributed by atoms with van der Waals surface area (Å²) >= 11 is 1.61. The van der Waals surface area contributed by atoms with Crippen LogP contribution in [0.15, 0.2) is 30.0 Å². The van der Waals surface area contributed by atoms with E-state index in [0.717, 1.165) is 34.8 Å². The van der Waals surface area contributed by atoms with Gasteiger partial charge in [-0.05, 0) is 23.8 Å². The summed E-state index contributed by atoms with van der Waals surface area (Å²) in [5, 5.41) is 10.8. The van der Waals surface area contributed by atoms with Gasteiger partial charge in [0.25, 0.3) is 0 Å². The van der Waals surface area contributed by atoms with Crippen LogP contribution in [0.5, 0.6) is 0 Å². The number of hydrogen-bond acceptors (Lipinski definition) is 5. The van der Waals surface area contributed by atoms with Crippen molar-refractivity contribution in [2.24, 2.45) is 5.92 Å². The lowest BCUT2D eigenvalue weighted by Crippen LogP contribution is -2.03. The summed E-state index contributed by atoms with van der Waals surface area (Å²) in [5.74, 6) is 2.31. The lowest BCUT2D eigenvalue weighted by Gasteiger charge is -2.05. The molecule has 3 rings (SSSR count). The Hall–Kier alpha value is -1.95. The highest BCUT2D eigenvalue weighted by Crippen LogP contribution is 2.25. The van der Waals surface area contributed by atoms with E-state index < -0.39 is 0 Å². The van der Waals surface area contributed by atoms with Crippen LogP contribution in [0.3, 0.4) is 0 Å². The number of aromatic nitrogens is 4. The van der Waals surface area contributed by atoms with Gasteiger partial charge in [-0.25, -0.2) is 9.97 Å². The van der Waals surface area contributed by atoms with E-state index in [1.54, 1.807) is 17.7 Å². The summed E-state index contributed by atoms with van der Waals surface area (Å²) in [7, 11) is 0. The van der Waals surface area contributed by atoms with Crippen LogP contribution in [-0.2, 0) is 6.54 Å². The maximum absolute atomic E-state index is 4.52. The molecule has 3 aromatic rings. The Labute approximate surface area is 121 Å². The summed E-state index contributed by atoms with van der Waals surface area (Å²) in [4.78, 5) is 9.52. The fourth-order valence-corrected chi connectivity index (χ4v) is 2.69. The van der Waals surface area contributed by atoms with Crippen molar-refractivity contribution in [3.05, 3.63) is 30.0 Å². The van der Waals surface area contributed by atoms with E-state index in [1.165, 1.54) is 0 Å². The molecule has 0 saturated carbocycles. The molecule has 0 aromatic carbocycles.